The molecule has 2 aromatic rings. The Kier molecular flexibility index (Phi) is 7.18. The molecule has 0 spiro atoms. The Morgan fingerprint density at radius 3 is 2.10 bits per heavy atom. The smallest absolute Gasteiger partial charge is 0.186 e. The molecule has 0 unspecified atom stereocenters. The molecule has 0 aliphatic carbocycles. The average molecular weight is 399 g/mol. The number of rotatable bonds is 9. The van der Waals surface area contributed by atoms with Crippen LogP contribution >= 0.6 is 0 Å². The molecule has 2 heterocycles. The molecular formula is C25H38N2O2. The largest absolute Gasteiger partial charge is 0.347 e. The maximum Gasteiger partial charge on any atom is 0.186 e. The van der Waals surface area contributed by atoms with E-state index in [4.69, 9.17) is 9.47 Å². The number of hydrogen-bond donors (Lipinski definition) is 0. The molecule has 1 aromatic carbocycles. The fraction of sp³-hybridized carbons (Fsp3) is 0.640. The van der Waals surface area contributed by atoms with Crippen molar-refractivity contribution < 1.29 is 9.47 Å². The van der Waals surface area contributed by atoms with E-state index in [1.807, 2.05) is 18.7 Å². The maximum atomic E-state index is 6.61. The summed E-state index contributed by atoms with van der Waals surface area (Å²) in [6, 6.07) is 4.56. The minimum absolute atomic E-state index is 0.164. The third-order valence-electron chi connectivity index (χ3n) is 6.42. The molecule has 4 heteroatoms. The van der Waals surface area contributed by atoms with Crippen LogP contribution in [0.5, 0.6) is 0 Å². The van der Waals surface area contributed by atoms with Crippen molar-refractivity contribution in [3.63, 3.8) is 0 Å². The zero-order valence-corrected chi connectivity index (χ0v) is 19.0. The minimum Gasteiger partial charge on any atom is -0.347 e. The highest BCUT2D eigenvalue weighted by molar-refractivity contribution is 5.37. The Bertz CT molecular complexity index is 743. The predicted molar refractivity (Wildman–Crippen MR) is 118 cm³/mol. The number of aryl methyl sites for hydroxylation is 3. The molecule has 1 aliphatic heterocycles. The van der Waals surface area contributed by atoms with Crippen LogP contribution in [-0.4, -0.2) is 28.6 Å². The van der Waals surface area contributed by atoms with E-state index < -0.39 is 5.79 Å². The highest BCUT2D eigenvalue weighted by atomic mass is 16.7. The number of ether oxygens (including phenoxy) is 2. The monoisotopic (exact) mass is 398 g/mol. The van der Waals surface area contributed by atoms with Crippen LogP contribution in [0.2, 0.25) is 0 Å². The normalized spacial score (nSPS) is 18.1. The molecule has 0 N–H and O–H groups in total. The van der Waals surface area contributed by atoms with Gasteiger partial charge in [0.15, 0.2) is 5.79 Å². The fourth-order valence-electron chi connectivity index (χ4n) is 5.02. The van der Waals surface area contributed by atoms with Crippen LogP contribution in [0.15, 0.2) is 30.9 Å². The highest BCUT2D eigenvalue weighted by Gasteiger charge is 2.44. The fourth-order valence-corrected chi connectivity index (χ4v) is 5.02. The van der Waals surface area contributed by atoms with Crippen molar-refractivity contribution >= 4 is 0 Å². The summed E-state index contributed by atoms with van der Waals surface area (Å²) in [5.74, 6) is -0.588. The Hall–Kier alpha value is -1.65. The van der Waals surface area contributed by atoms with E-state index in [2.05, 4.69) is 56.3 Å². The zero-order chi connectivity index (χ0) is 20.9. The summed E-state index contributed by atoms with van der Waals surface area (Å²) in [4.78, 5) is 4.21. The third-order valence-corrected chi connectivity index (χ3v) is 6.42. The molecule has 1 fully saturated rings. The van der Waals surface area contributed by atoms with E-state index in [1.54, 1.807) is 0 Å². The molecule has 1 aliphatic rings. The van der Waals surface area contributed by atoms with E-state index in [1.165, 1.54) is 35.1 Å². The van der Waals surface area contributed by atoms with Gasteiger partial charge in [0.1, 0.15) is 0 Å². The van der Waals surface area contributed by atoms with Crippen LogP contribution in [0.1, 0.15) is 68.2 Å². The van der Waals surface area contributed by atoms with Crippen molar-refractivity contribution in [2.24, 2.45) is 5.41 Å². The van der Waals surface area contributed by atoms with Gasteiger partial charge in [-0.15, -0.1) is 0 Å². The zero-order valence-electron chi connectivity index (χ0n) is 19.0. The molecule has 4 nitrogen and oxygen atoms in total. The van der Waals surface area contributed by atoms with Crippen molar-refractivity contribution in [3.05, 3.63) is 53.1 Å². The van der Waals surface area contributed by atoms with Crippen LogP contribution in [0.25, 0.3) is 0 Å². The third kappa shape index (κ3) is 5.29. The van der Waals surface area contributed by atoms with E-state index in [9.17, 15) is 0 Å². The molecule has 0 atom stereocenters. The van der Waals surface area contributed by atoms with Crippen LogP contribution in [-0.2, 0) is 22.4 Å². The molecule has 0 radical (unpaired) electrons. The Balaban J connectivity index is 1.79. The first-order valence-electron chi connectivity index (χ1n) is 11.2. The summed E-state index contributed by atoms with van der Waals surface area (Å²) in [7, 11) is 0. The number of aromatic nitrogens is 2. The lowest BCUT2D eigenvalue weighted by molar-refractivity contribution is -0.314. The van der Waals surface area contributed by atoms with Gasteiger partial charge in [0.25, 0.3) is 0 Å². The SMILES string of the molecule is CCCC1(CCC)COC(CCc2c(C)cc(C)cc2C)(Cn2ccnc2)OC1. The van der Waals surface area contributed by atoms with Gasteiger partial charge in [-0.3, -0.25) is 0 Å². The lowest BCUT2D eigenvalue weighted by Crippen LogP contribution is -2.52. The summed E-state index contributed by atoms with van der Waals surface area (Å²) in [5, 5.41) is 0. The van der Waals surface area contributed by atoms with Gasteiger partial charge in [-0.05, 0) is 56.7 Å². The van der Waals surface area contributed by atoms with Gasteiger partial charge >= 0.3 is 0 Å². The highest BCUT2D eigenvalue weighted by Crippen LogP contribution is 2.40. The van der Waals surface area contributed by atoms with Gasteiger partial charge in [-0.2, -0.15) is 0 Å². The summed E-state index contributed by atoms with van der Waals surface area (Å²) in [5.41, 5.74) is 5.64. The first-order valence-corrected chi connectivity index (χ1v) is 11.2. The van der Waals surface area contributed by atoms with Crippen molar-refractivity contribution in [2.75, 3.05) is 13.2 Å². The van der Waals surface area contributed by atoms with Gasteiger partial charge in [-0.25, -0.2) is 4.98 Å². The molecule has 1 saturated heterocycles. The standard InChI is InChI=1S/C25H38N2O2/c1-6-9-24(10-7-2)17-28-25(29-18-24,16-27-13-12-26-19-27)11-8-23-21(4)14-20(3)15-22(23)5/h12-15,19H,6-11,16-18H2,1-5H3. The van der Waals surface area contributed by atoms with E-state index in [0.29, 0.717) is 6.54 Å². The van der Waals surface area contributed by atoms with E-state index >= 15 is 0 Å². The van der Waals surface area contributed by atoms with E-state index in [0.717, 1.165) is 38.9 Å². The summed E-state index contributed by atoms with van der Waals surface area (Å²) >= 11 is 0. The summed E-state index contributed by atoms with van der Waals surface area (Å²) < 4.78 is 15.3. The topological polar surface area (TPSA) is 36.3 Å². The van der Waals surface area contributed by atoms with Gasteiger partial charge in [0, 0.05) is 24.2 Å². The predicted octanol–water partition coefficient (Wildman–Crippen LogP) is 5.77. The molecular weight excluding hydrogens is 360 g/mol. The van der Waals surface area contributed by atoms with Crippen LogP contribution in [0, 0.1) is 26.2 Å². The van der Waals surface area contributed by atoms with Crippen molar-refractivity contribution in [1.82, 2.24) is 9.55 Å². The number of imidazole rings is 1. The maximum absolute atomic E-state index is 6.61. The molecule has 29 heavy (non-hydrogen) atoms. The van der Waals surface area contributed by atoms with Crippen molar-refractivity contribution in [3.8, 4) is 0 Å². The average Bonchev–Trinajstić information content (AvgIpc) is 3.17. The summed E-state index contributed by atoms with van der Waals surface area (Å²) in [6.07, 6.45) is 12.2. The number of nitrogens with zero attached hydrogens (tertiary/aromatic N) is 2. The second-order valence-corrected chi connectivity index (χ2v) is 9.10. The molecule has 0 amide bonds. The lowest BCUT2D eigenvalue weighted by atomic mass is 9.79. The molecule has 0 saturated carbocycles. The van der Waals surface area contributed by atoms with Gasteiger partial charge in [0.2, 0.25) is 0 Å². The molecule has 0 bridgehead atoms. The van der Waals surface area contributed by atoms with Gasteiger partial charge in [-0.1, -0.05) is 44.4 Å². The van der Waals surface area contributed by atoms with Crippen LogP contribution in [0.3, 0.4) is 0 Å². The first kappa shape index (κ1) is 22.0. The second kappa shape index (κ2) is 9.44. The Labute approximate surface area is 176 Å². The molecule has 3 rings (SSSR count). The first-order chi connectivity index (χ1) is 13.9. The van der Waals surface area contributed by atoms with Crippen LogP contribution < -0.4 is 0 Å². The lowest BCUT2D eigenvalue weighted by Gasteiger charge is -2.47. The van der Waals surface area contributed by atoms with Gasteiger partial charge in [0.05, 0.1) is 26.1 Å². The quantitative estimate of drug-likeness (QED) is 0.538. The molecule has 1 aromatic heterocycles. The van der Waals surface area contributed by atoms with Gasteiger partial charge < -0.3 is 14.0 Å². The Morgan fingerprint density at radius 1 is 0.966 bits per heavy atom. The van der Waals surface area contributed by atoms with E-state index in [-0.39, 0.29) is 5.41 Å². The van der Waals surface area contributed by atoms with Crippen molar-refractivity contribution in [2.45, 2.75) is 85.5 Å². The minimum atomic E-state index is -0.588. The molecule has 160 valence electrons. The summed E-state index contributed by atoms with van der Waals surface area (Å²) in [6.45, 7) is 13.4. The number of benzene rings is 1. The second-order valence-electron chi connectivity index (χ2n) is 9.10. The van der Waals surface area contributed by atoms with Crippen molar-refractivity contribution in [1.29, 1.82) is 0 Å². The number of hydrogen-bond acceptors (Lipinski definition) is 3. The van der Waals surface area contributed by atoms with Crippen LogP contribution in [0.4, 0.5) is 0 Å². The Morgan fingerprint density at radius 2 is 1.59 bits per heavy atom.